The molecule has 0 aromatic heterocycles. The lowest BCUT2D eigenvalue weighted by molar-refractivity contribution is 0.196. The molecule has 0 radical (unpaired) electrons. The summed E-state index contributed by atoms with van der Waals surface area (Å²) in [5.74, 6) is 0. The van der Waals surface area contributed by atoms with E-state index in [1.165, 1.54) is 64.2 Å². The van der Waals surface area contributed by atoms with E-state index in [-0.39, 0.29) is 0 Å². The smallest absolute Gasteiger partial charge is 0.0244 e. The SMILES string of the molecule is CCN(C)C1CCCCCCCCCCC1N. The molecule has 1 aliphatic rings. The molecular formula is C15H32N2. The molecule has 0 saturated heterocycles. The molecule has 2 unspecified atom stereocenters. The van der Waals surface area contributed by atoms with Gasteiger partial charge < -0.3 is 10.6 Å². The van der Waals surface area contributed by atoms with Crippen molar-refractivity contribution < 1.29 is 0 Å². The van der Waals surface area contributed by atoms with Crippen LogP contribution in [0.25, 0.3) is 0 Å². The van der Waals surface area contributed by atoms with E-state index in [4.69, 9.17) is 5.73 Å². The fourth-order valence-electron chi connectivity index (χ4n) is 2.98. The van der Waals surface area contributed by atoms with Crippen LogP contribution in [0.15, 0.2) is 0 Å². The molecule has 1 aliphatic carbocycles. The number of nitrogens with zero attached hydrogens (tertiary/aromatic N) is 1. The van der Waals surface area contributed by atoms with E-state index >= 15 is 0 Å². The Morgan fingerprint density at radius 1 is 0.882 bits per heavy atom. The van der Waals surface area contributed by atoms with Crippen LogP contribution in [-0.2, 0) is 0 Å². The molecule has 2 heteroatoms. The van der Waals surface area contributed by atoms with Crippen molar-refractivity contribution in [2.75, 3.05) is 13.6 Å². The maximum atomic E-state index is 6.39. The number of hydrogen-bond acceptors (Lipinski definition) is 2. The van der Waals surface area contributed by atoms with Crippen LogP contribution in [0.5, 0.6) is 0 Å². The molecule has 1 fully saturated rings. The summed E-state index contributed by atoms with van der Waals surface area (Å²) in [6.45, 7) is 3.36. The van der Waals surface area contributed by atoms with Crippen LogP contribution in [0, 0.1) is 0 Å². The van der Waals surface area contributed by atoms with Gasteiger partial charge in [0.1, 0.15) is 0 Å². The van der Waals surface area contributed by atoms with Crippen LogP contribution in [0.3, 0.4) is 0 Å². The summed E-state index contributed by atoms with van der Waals surface area (Å²) >= 11 is 0. The van der Waals surface area contributed by atoms with E-state index in [0.29, 0.717) is 12.1 Å². The number of likely N-dealkylation sites (N-methyl/N-ethyl adjacent to an activating group) is 1. The molecule has 102 valence electrons. The lowest BCUT2D eigenvalue weighted by atomic mass is 9.94. The number of rotatable bonds is 2. The molecule has 0 aliphatic heterocycles. The third-order valence-corrected chi connectivity index (χ3v) is 4.35. The second-order valence-electron chi connectivity index (χ2n) is 5.71. The standard InChI is InChI=1S/C15H32N2/c1-3-17(2)15-13-11-9-7-5-4-6-8-10-12-14(15)16/h14-15H,3-13,16H2,1-2H3. The summed E-state index contributed by atoms with van der Waals surface area (Å²) in [6.07, 6.45) is 13.7. The van der Waals surface area contributed by atoms with Gasteiger partial charge in [0.15, 0.2) is 0 Å². The largest absolute Gasteiger partial charge is 0.326 e. The minimum Gasteiger partial charge on any atom is -0.326 e. The summed E-state index contributed by atoms with van der Waals surface area (Å²) in [4.78, 5) is 2.45. The van der Waals surface area contributed by atoms with Gasteiger partial charge in [-0.05, 0) is 26.4 Å². The van der Waals surface area contributed by atoms with E-state index in [1.54, 1.807) is 0 Å². The van der Waals surface area contributed by atoms with Gasteiger partial charge in [-0.15, -0.1) is 0 Å². The fourth-order valence-corrected chi connectivity index (χ4v) is 2.98. The highest BCUT2D eigenvalue weighted by molar-refractivity contribution is 4.80. The highest BCUT2D eigenvalue weighted by Gasteiger charge is 2.20. The minimum atomic E-state index is 0.388. The van der Waals surface area contributed by atoms with Gasteiger partial charge in [-0.2, -0.15) is 0 Å². The van der Waals surface area contributed by atoms with E-state index in [9.17, 15) is 0 Å². The Balaban J connectivity index is 2.45. The summed E-state index contributed by atoms with van der Waals surface area (Å²) in [7, 11) is 2.23. The van der Waals surface area contributed by atoms with E-state index in [1.807, 2.05) is 0 Å². The van der Waals surface area contributed by atoms with Crippen LogP contribution >= 0.6 is 0 Å². The van der Waals surface area contributed by atoms with Crippen molar-refractivity contribution in [1.29, 1.82) is 0 Å². The zero-order valence-electron chi connectivity index (χ0n) is 12.0. The quantitative estimate of drug-likeness (QED) is 0.800. The van der Waals surface area contributed by atoms with Gasteiger partial charge >= 0.3 is 0 Å². The minimum absolute atomic E-state index is 0.388. The van der Waals surface area contributed by atoms with Gasteiger partial charge in [0.05, 0.1) is 0 Å². The van der Waals surface area contributed by atoms with Crippen LogP contribution in [0.1, 0.15) is 71.1 Å². The maximum Gasteiger partial charge on any atom is 0.0244 e. The summed E-state index contributed by atoms with van der Waals surface area (Å²) in [5, 5.41) is 0. The maximum absolute atomic E-state index is 6.39. The molecule has 0 amide bonds. The highest BCUT2D eigenvalue weighted by Crippen LogP contribution is 2.19. The lowest BCUT2D eigenvalue weighted by Crippen LogP contribution is -2.46. The number of nitrogens with two attached hydrogens (primary N) is 1. The summed E-state index contributed by atoms with van der Waals surface area (Å²) < 4.78 is 0. The van der Waals surface area contributed by atoms with Gasteiger partial charge in [-0.1, -0.05) is 58.3 Å². The third kappa shape index (κ3) is 5.87. The molecule has 2 N–H and O–H groups in total. The first kappa shape index (κ1) is 15.0. The summed E-state index contributed by atoms with van der Waals surface area (Å²) in [5.41, 5.74) is 6.39. The monoisotopic (exact) mass is 240 g/mol. The molecular weight excluding hydrogens is 208 g/mol. The third-order valence-electron chi connectivity index (χ3n) is 4.35. The molecule has 2 nitrogen and oxygen atoms in total. The zero-order valence-corrected chi connectivity index (χ0v) is 12.0. The first-order valence-electron chi connectivity index (χ1n) is 7.71. The van der Waals surface area contributed by atoms with Crippen LogP contribution in [-0.4, -0.2) is 30.6 Å². The topological polar surface area (TPSA) is 29.3 Å². The van der Waals surface area contributed by atoms with Gasteiger partial charge in [0.25, 0.3) is 0 Å². The zero-order chi connectivity index (χ0) is 12.5. The van der Waals surface area contributed by atoms with Crippen molar-refractivity contribution in [3.63, 3.8) is 0 Å². The molecule has 2 atom stereocenters. The average Bonchev–Trinajstić information content (AvgIpc) is 2.33. The normalized spacial score (nSPS) is 29.6. The van der Waals surface area contributed by atoms with E-state index in [0.717, 1.165) is 6.54 Å². The molecule has 17 heavy (non-hydrogen) atoms. The van der Waals surface area contributed by atoms with Crippen molar-refractivity contribution >= 4 is 0 Å². The fraction of sp³-hybridized carbons (Fsp3) is 1.00. The Labute approximate surface area is 108 Å². The summed E-state index contributed by atoms with van der Waals surface area (Å²) in [6, 6.07) is 0.999. The molecule has 1 rings (SSSR count). The van der Waals surface area contributed by atoms with Crippen LogP contribution in [0.4, 0.5) is 0 Å². The Morgan fingerprint density at radius 3 is 1.88 bits per heavy atom. The molecule has 0 heterocycles. The van der Waals surface area contributed by atoms with Gasteiger partial charge in [-0.3, -0.25) is 0 Å². The highest BCUT2D eigenvalue weighted by atomic mass is 15.1. The van der Waals surface area contributed by atoms with Crippen molar-refractivity contribution in [1.82, 2.24) is 4.90 Å². The van der Waals surface area contributed by atoms with E-state index in [2.05, 4.69) is 18.9 Å². The van der Waals surface area contributed by atoms with Gasteiger partial charge in [0, 0.05) is 12.1 Å². The first-order chi connectivity index (χ1) is 8.25. The van der Waals surface area contributed by atoms with Crippen molar-refractivity contribution in [2.45, 2.75) is 83.2 Å². The Kier molecular flexibility index (Phi) is 7.87. The molecule has 0 aromatic rings. The first-order valence-corrected chi connectivity index (χ1v) is 7.71. The van der Waals surface area contributed by atoms with Crippen molar-refractivity contribution in [3.05, 3.63) is 0 Å². The van der Waals surface area contributed by atoms with Crippen LogP contribution in [0.2, 0.25) is 0 Å². The second-order valence-corrected chi connectivity index (χ2v) is 5.71. The molecule has 0 spiro atoms. The molecule has 1 saturated carbocycles. The number of hydrogen-bond donors (Lipinski definition) is 1. The lowest BCUT2D eigenvalue weighted by Gasteiger charge is -2.32. The Morgan fingerprint density at radius 2 is 1.35 bits per heavy atom. The van der Waals surface area contributed by atoms with Crippen LogP contribution < -0.4 is 5.73 Å². The Bertz CT molecular complexity index is 182. The predicted molar refractivity (Wildman–Crippen MR) is 76.2 cm³/mol. The predicted octanol–water partition coefficient (Wildman–Crippen LogP) is 3.55. The van der Waals surface area contributed by atoms with Crippen molar-refractivity contribution in [3.8, 4) is 0 Å². The average molecular weight is 240 g/mol. The molecule has 0 bridgehead atoms. The second kappa shape index (κ2) is 8.93. The molecule has 0 aromatic carbocycles. The van der Waals surface area contributed by atoms with Gasteiger partial charge in [-0.25, -0.2) is 0 Å². The van der Waals surface area contributed by atoms with E-state index < -0.39 is 0 Å². The Hall–Kier alpha value is -0.0800. The van der Waals surface area contributed by atoms with Crippen molar-refractivity contribution in [2.24, 2.45) is 5.73 Å². The van der Waals surface area contributed by atoms with Gasteiger partial charge in [0.2, 0.25) is 0 Å².